The predicted molar refractivity (Wildman–Crippen MR) is 140 cm³/mol. The van der Waals surface area contributed by atoms with E-state index >= 15 is 0 Å². The van der Waals surface area contributed by atoms with Crippen molar-refractivity contribution in [1.82, 2.24) is 30.2 Å². The van der Waals surface area contributed by atoms with Crippen molar-refractivity contribution < 1.29 is 13.9 Å². The minimum Gasteiger partial charge on any atom is -0.454 e. The van der Waals surface area contributed by atoms with Gasteiger partial charge in [0.05, 0.1) is 16.8 Å². The number of hydrogen-bond donors (Lipinski definition) is 3. The molecule has 2 aliphatic rings. The number of benzene rings is 2. The van der Waals surface area contributed by atoms with Gasteiger partial charge in [0.25, 0.3) is 5.56 Å². The zero-order valence-electron chi connectivity index (χ0n) is 20.4. The number of para-hydroxylation sites is 1. The van der Waals surface area contributed by atoms with E-state index in [1.165, 1.54) is 6.07 Å². The third-order valence-electron chi connectivity index (χ3n) is 7.03. The Bertz CT molecular complexity index is 1590. The summed E-state index contributed by atoms with van der Waals surface area (Å²) in [5, 5.41) is 14.8. The molecule has 0 bridgehead atoms. The monoisotopic (exact) mass is 515 g/mol. The average molecular weight is 516 g/mol. The van der Waals surface area contributed by atoms with Crippen LogP contribution >= 0.6 is 0 Å². The molecule has 2 atom stereocenters. The molecular weight excluding hydrogens is 489 g/mol. The highest BCUT2D eigenvalue weighted by molar-refractivity contribution is 5.91. The van der Waals surface area contributed by atoms with E-state index in [1.807, 2.05) is 6.08 Å². The van der Waals surface area contributed by atoms with E-state index < -0.39 is 11.4 Å². The van der Waals surface area contributed by atoms with Crippen molar-refractivity contribution in [1.29, 1.82) is 0 Å². The van der Waals surface area contributed by atoms with Gasteiger partial charge in [-0.25, -0.2) is 14.2 Å². The summed E-state index contributed by atoms with van der Waals surface area (Å²) < 4.78 is 21.2. The number of H-pyrrole nitrogens is 1. The molecule has 2 saturated heterocycles. The van der Waals surface area contributed by atoms with Crippen molar-refractivity contribution in [2.75, 3.05) is 25.4 Å². The van der Waals surface area contributed by atoms with E-state index in [1.54, 1.807) is 58.1 Å². The lowest BCUT2D eigenvalue weighted by molar-refractivity contribution is -0.125. The number of nitrogens with two attached hydrogens (primary N) is 1. The number of halogens is 1. The molecule has 4 N–H and O–H groups in total. The molecular formula is C27H26FN7O3. The quantitative estimate of drug-likeness (QED) is 0.337. The molecule has 11 heteroatoms. The molecule has 0 aliphatic carbocycles. The maximum Gasteiger partial charge on any atom is 0.275 e. The van der Waals surface area contributed by atoms with Crippen molar-refractivity contribution in [2.24, 2.45) is 0 Å². The molecule has 0 spiro atoms. The van der Waals surface area contributed by atoms with Gasteiger partial charge >= 0.3 is 0 Å². The van der Waals surface area contributed by atoms with Gasteiger partial charge in [-0.2, -0.15) is 10.2 Å². The van der Waals surface area contributed by atoms with Crippen LogP contribution in [0.2, 0.25) is 0 Å². The number of nitrogens with one attached hydrogen (secondary N) is 2. The lowest BCUT2D eigenvalue weighted by Crippen LogP contribution is -2.41. The Morgan fingerprint density at radius 2 is 1.95 bits per heavy atom. The summed E-state index contributed by atoms with van der Waals surface area (Å²) in [5.74, 6) is 0.0410. The van der Waals surface area contributed by atoms with Crippen LogP contribution < -0.4 is 21.3 Å². The third kappa shape index (κ3) is 4.41. The normalized spacial score (nSPS) is 19.2. The molecule has 38 heavy (non-hydrogen) atoms. The Morgan fingerprint density at radius 3 is 2.68 bits per heavy atom. The summed E-state index contributed by atoms with van der Waals surface area (Å²) in [6, 6.07) is 13.3. The Morgan fingerprint density at radius 1 is 1.16 bits per heavy atom. The van der Waals surface area contributed by atoms with Crippen LogP contribution in [0.15, 0.2) is 65.5 Å². The molecule has 2 fully saturated rings. The molecule has 2 aromatic heterocycles. The van der Waals surface area contributed by atoms with Gasteiger partial charge in [0.15, 0.2) is 17.4 Å². The van der Waals surface area contributed by atoms with Crippen LogP contribution in [0.25, 0.3) is 16.6 Å². The number of carbonyl (C=O) groups excluding carboxylic acids is 1. The van der Waals surface area contributed by atoms with E-state index in [0.29, 0.717) is 47.5 Å². The van der Waals surface area contributed by atoms with Crippen molar-refractivity contribution in [2.45, 2.75) is 24.8 Å². The average Bonchev–Trinajstić information content (AvgIpc) is 3.53. The smallest absolute Gasteiger partial charge is 0.275 e. The van der Waals surface area contributed by atoms with Gasteiger partial charge < -0.3 is 20.7 Å². The molecule has 10 nitrogen and oxygen atoms in total. The predicted octanol–water partition coefficient (Wildman–Crippen LogP) is 2.86. The van der Waals surface area contributed by atoms with Gasteiger partial charge in [-0.15, -0.1) is 0 Å². The first-order chi connectivity index (χ1) is 18.5. The molecule has 194 valence electrons. The van der Waals surface area contributed by atoms with Gasteiger partial charge in [0.1, 0.15) is 11.3 Å². The van der Waals surface area contributed by atoms with Gasteiger partial charge in [-0.3, -0.25) is 9.59 Å². The van der Waals surface area contributed by atoms with E-state index in [2.05, 4.69) is 15.5 Å². The molecule has 2 aliphatic heterocycles. The second kappa shape index (κ2) is 9.75. The van der Waals surface area contributed by atoms with Crippen LogP contribution in [0, 0.1) is 5.82 Å². The second-order valence-corrected chi connectivity index (χ2v) is 9.46. The molecule has 4 aromatic rings. The summed E-state index contributed by atoms with van der Waals surface area (Å²) in [6.45, 7) is 1.99. The second-order valence-electron chi connectivity index (χ2n) is 9.46. The topological polar surface area (TPSA) is 131 Å². The molecule has 6 rings (SSSR count). The lowest BCUT2D eigenvalue weighted by Gasteiger charge is -2.24. The highest BCUT2D eigenvalue weighted by Crippen LogP contribution is 2.33. The SMILES string of the molecule is Nc1n[nH]c(=O)c2c(C3CCN(C(=O)/C=C/C4CCN4)C3)nn(-c3ccc(Oc4ccccc4F)cc3)c12. The summed E-state index contributed by atoms with van der Waals surface area (Å²) in [5.41, 5.74) is 7.40. The number of ether oxygens (including phenoxy) is 1. The van der Waals surface area contributed by atoms with E-state index in [9.17, 15) is 14.0 Å². The largest absolute Gasteiger partial charge is 0.454 e. The van der Waals surface area contributed by atoms with E-state index in [0.717, 1.165) is 13.0 Å². The number of fused-ring (bicyclic) bond motifs is 1. The minimum atomic E-state index is -0.461. The van der Waals surface area contributed by atoms with Crippen molar-refractivity contribution in [3.63, 3.8) is 0 Å². The van der Waals surface area contributed by atoms with Crippen LogP contribution in [-0.2, 0) is 4.79 Å². The Labute approximate surface area is 216 Å². The lowest BCUT2D eigenvalue weighted by atomic mass is 10.0. The van der Waals surface area contributed by atoms with Crippen LogP contribution in [0.4, 0.5) is 10.2 Å². The zero-order valence-corrected chi connectivity index (χ0v) is 20.4. The number of rotatable bonds is 6. The maximum atomic E-state index is 14.0. The summed E-state index contributed by atoms with van der Waals surface area (Å²) in [6.07, 6.45) is 5.23. The van der Waals surface area contributed by atoms with Crippen molar-refractivity contribution in [3.8, 4) is 17.2 Å². The van der Waals surface area contributed by atoms with Gasteiger partial charge in [0.2, 0.25) is 5.91 Å². The van der Waals surface area contributed by atoms with Crippen molar-refractivity contribution in [3.05, 3.63) is 82.5 Å². The molecule has 2 aromatic carbocycles. The first-order valence-corrected chi connectivity index (χ1v) is 12.5. The zero-order chi connectivity index (χ0) is 26.2. The maximum absolute atomic E-state index is 14.0. The highest BCUT2D eigenvalue weighted by Gasteiger charge is 2.32. The summed E-state index contributed by atoms with van der Waals surface area (Å²) in [7, 11) is 0. The van der Waals surface area contributed by atoms with Crippen LogP contribution in [-0.4, -0.2) is 56.5 Å². The Kier molecular flexibility index (Phi) is 6.12. The summed E-state index contributed by atoms with van der Waals surface area (Å²) >= 11 is 0. The molecule has 0 saturated carbocycles. The number of amides is 1. The number of likely N-dealkylation sites (tertiary alicyclic amines) is 1. The van der Waals surface area contributed by atoms with E-state index in [4.69, 9.17) is 15.6 Å². The van der Waals surface area contributed by atoms with Crippen LogP contribution in [0.1, 0.15) is 24.5 Å². The van der Waals surface area contributed by atoms with Gasteiger partial charge in [-0.05, 0) is 55.8 Å². The number of hydrogen-bond acceptors (Lipinski definition) is 7. The third-order valence-corrected chi connectivity index (χ3v) is 7.03. The summed E-state index contributed by atoms with van der Waals surface area (Å²) in [4.78, 5) is 27.4. The fourth-order valence-corrected chi connectivity index (χ4v) is 4.86. The molecule has 4 heterocycles. The minimum absolute atomic E-state index is 0.0505. The van der Waals surface area contributed by atoms with E-state index in [-0.39, 0.29) is 29.4 Å². The standard InChI is InChI=1S/C27H26FN7O3/c28-20-3-1-2-4-21(20)38-19-8-6-18(7-9-19)35-25-23(27(37)32-31-26(25)29)24(33-35)16-12-14-34(15-16)22(36)10-5-17-11-13-30-17/h1-10,16-17,30H,11-15H2,(H2,29,31)(H,32,37)/b10-5+. The highest BCUT2D eigenvalue weighted by atomic mass is 19.1. The molecule has 1 amide bonds. The number of carbonyl (C=O) groups is 1. The first kappa shape index (κ1) is 23.9. The number of aromatic nitrogens is 4. The fraction of sp³-hybridized carbons (Fsp3) is 0.259. The molecule has 0 radical (unpaired) electrons. The Balaban J connectivity index is 1.30. The number of nitrogen functional groups attached to an aromatic ring is 1. The van der Waals surface area contributed by atoms with Gasteiger partial charge in [0, 0.05) is 31.1 Å². The van der Waals surface area contributed by atoms with Crippen LogP contribution in [0.5, 0.6) is 11.5 Å². The van der Waals surface area contributed by atoms with Gasteiger partial charge in [-0.1, -0.05) is 18.2 Å². The van der Waals surface area contributed by atoms with Crippen molar-refractivity contribution >= 4 is 22.6 Å². The Hall–Kier alpha value is -4.51. The molecule has 2 unspecified atom stereocenters. The number of anilines is 1. The number of aromatic amines is 1. The first-order valence-electron chi connectivity index (χ1n) is 12.5. The van der Waals surface area contributed by atoms with Crippen LogP contribution in [0.3, 0.4) is 0 Å². The number of nitrogens with zero attached hydrogens (tertiary/aromatic N) is 4. The fourth-order valence-electron chi connectivity index (χ4n) is 4.86.